The fourth-order valence-corrected chi connectivity index (χ4v) is 5.25. The lowest BCUT2D eigenvalue weighted by Gasteiger charge is -2.30. The van der Waals surface area contributed by atoms with Gasteiger partial charge >= 0.3 is 0 Å². The molecule has 2 N–H and O–H groups in total. The van der Waals surface area contributed by atoms with E-state index in [4.69, 9.17) is 9.72 Å². The minimum Gasteiger partial charge on any atom is -0.496 e. The maximum Gasteiger partial charge on any atom is 0.207 e. The van der Waals surface area contributed by atoms with Crippen LogP contribution in [0, 0.1) is 17.6 Å². The molecule has 0 spiro atoms. The first kappa shape index (κ1) is 25.1. The van der Waals surface area contributed by atoms with Gasteiger partial charge in [0.05, 0.1) is 18.1 Å². The second-order valence-electron chi connectivity index (χ2n) is 9.68. The highest BCUT2D eigenvalue weighted by Gasteiger charge is 2.29. The number of aromatic nitrogens is 2. The molecule has 1 aliphatic carbocycles. The number of hydrogen-bond acceptors (Lipinski definition) is 4. The van der Waals surface area contributed by atoms with Gasteiger partial charge in [-0.05, 0) is 68.4 Å². The van der Waals surface area contributed by atoms with Crippen molar-refractivity contribution in [3.8, 4) is 5.75 Å². The molecule has 188 valence electrons. The number of nitrogens with one attached hydrogen (secondary N) is 1. The van der Waals surface area contributed by atoms with Crippen LogP contribution in [0.5, 0.6) is 5.75 Å². The molecular weight excluding hydrogens is 452 g/mol. The molecule has 4 unspecified atom stereocenters. The summed E-state index contributed by atoms with van der Waals surface area (Å²) in [6.45, 7) is 4.16. The van der Waals surface area contributed by atoms with Crippen molar-refractivity contribution >= 4 is 17.4 Å². The maximum absolute atomic E-state index is 14.0. The van der Waals surface area contributed by atoms with Crippen LogP contribution >= 0.6 is 0 Å². The van der Waals surface area contributed by atoms with E-state index in [2.05, 4.69) is 16.8 Å². The standard InChI is InChI=1S/C27H33F2N3O3/c1-16-5-4-6-19(13-16)32-23-11-12-24(35-3)20(9-7-17(2)30-15-33)25(23)31-27(32)26(34)18-8-10-21(28)22(29)14-18/h8,10-12,14-17,19,26,34H,4-7,9,13H2,1-3H3,(H,30,33). The van der Waals surface area contributed by atoms with Crippen LogP contribution < -0.4 is 10.1 Å². The molecule has 0 saturated heterocycles. The monoisotopic (exact) mass is 485 g/mol. The Labute approximate surface area is 204 Å². The number of fused-ring (bicyclic) bond motifs is 1. The van der Waals surface area contributed by atoms with Crippen LogP contribution in [0.25, 0.3) is 11.0 Å². The number of carbonyl (C=O) groups is 1. The third-order valence-corrected chi connectivity index (χ3v) is 7.13. The van der Waals surface area contributed by atoms with E-state index in [-0.39, 0.29) is 17.6 Å². The molecule has 1 heterocycles. The number of rotatable bonds is 9. The van der Waals surface area contributed by atoms with Gasteiger partial charge in [-0.25, -0.2) is 13.8 Å². The van der Waals surface area contributed by atoms with Gasteiger partial charge in [-0.3, -0.25) is 4.79 Å². The highest BCUT2D eigenvalue weighted by Crippen LogP contribution is 2.40. The smallest absolute Gasteiger partial charge is 0.207 e. The Hall–Kier alpha value is -3.00. The second-order valence-corrected chi connectivity index (χ2v) is 9.68. The van der Waals surface area contributed by atoms with Gasteiger partial charge in [-0.2, -0.15) is 0 Å². The number of aliphatic hydroxyl groups excluding tert-OH is 1. The van der Waals surface area contributed by atoms with E-state index in [0.717, 1.165) is 54.4 Å². The Morgan fingerprint density at radius 1 is 1.26 bits per heavy atom. The molecular formula is C27H33F2N3O3. The van der Waals surface area contributed by atoms with Gasteiger partial charge in [-0.15, -0.1) is 0 Å². The van der Waals surface area contributed by atoms with Crippen molar-refractivity contribution in [1.29, 1.82) is 0 Å². The Morgan fingerprint density at radius 2 is 2.06 bits per heavy atom. The van der Waals surface area contributed by atoms with Gasteiger partial charge in [0, 0.05) is 17.6 Å². The Bertz CT molecular complexity index is 1200. The molecule has 1 fully saturated rings. The fraction of sp³-hybridized carbons (Fsp3) is 0.481. The van der Waals surface area contributed by atoms with Crippen molar-refractivity contribution < 1.29 is 23.4 Å². The minimum absolute atomic E-state index is 0.0269. The van der Waals surface area contributed by atoms with Gasteiger partial charge in [-0.1, -0.05) is 25.8 Å². The summed E-state index contributed by atoms with van der Waals surface area (Å²) in [5.74, 6) is -0.326. The zero-order valence-electron chi connectivity index (χ0n) is 20.4. The lowest BCUT2D eigenvalue weighted by molar-refractivity contribution is -0.110. The van der Waals surface area contributed by atoms with Gasteiger partial charge in [0.1, 0.15) is 17.7 Å². The second kappa shape index (κ2) is 10.7. The van der Waals surface area contributed by atoms with E-state index >= 15 is 0 Å². The highest BCUT2D eigenvalue weighted by atomic mass is 19.2. The van der Waals surface area contributed by atoms with Crippen LogP contribution in [-0.2, 0) is 11.2 Å². The quantitative estimate of drug-likeness (QED) is 0.407. The number of aryl methyl sites for hydroxylation is 1. The van der Waals surface area contributed by atoms with Crippen molar-refractivity contribution in [3.63, 3.8) is 0 Å². The summed E-state index contributed by atoms with van der Waals surface area (Å²) in [4.78, 5) is 15.7. The van der Waals surface area contributed by atoms with Crippen molar-refractivity contribution in [2.24, 2.45) is 5.92 Å². The minimum atomic E-state index is -1.22. The summed E-state index contributed by atoms with van der Waals surface area (Å²) in [5, 5.41) is 14.1. The highest BCUT2D eigenvalue weighted by molar-refractivity contribution is 5.83. The Balaban J connectivity index is 1.86. The number of benzene rings is 2. The summed E-state index contributed by atoms with van der Waals surface area (Å²) in [6, 6.07) is 7.42. The first-order chi connectivity index (χ1) is 16.8. The number of methoxy groups -OCH3 is 1. The molecule has 1 aromatic heterocycles. The average molecular weight is 486 g/mol. The summed E-state index contributed by atoms with van der Waals surface area (Å²) in [7, 11) is 1.61. The number of amides is 1. The first-order valence-corrected chi connectivity index (χ1v) is 12.2. The number of nitrogens with zero attached hydrogens (tertiary/aromatic N) is 2. The number of hydrogen-bond donors (Lipinski definition) is 2. The molecule has 8 heteroatoms. The fourth-order valence-electron chi connectivity index (χ4n) is 5.25. The van der Waals surface area contributed by atoms with Crippen LogP contribution in [0.1, 0.15) is 75.0 Å². The largest absolute Gasteiger partial charge is 0.496 e. The zero-order chi connectivity index (χ0) is 25.1. The lowest BCUT2D eigenvalue weighted by Crippen LogP contribution is -2.24. The molecule has 3 aromatic rings. The van der Waals surface area contributed by atoms with Gasteiger partial charge in [0.15, 0.2) is 11.6 Å². The summed E-state index contributed by atoms with van der Waals surface area (Å²) < 4.78 is 35.3. The molecule has 4 atom stereocenters. The molecule has 1 amide bonds. The summed E-state index contributed by atoms with van der Waals surface area (Å²) in [5.41, 5.74) is 2.75. The third-order valence-electron chi connectivity index (χ3n) is 7.13. The van der Waals surface area contributed by atoms with Crippen molar-refractivity contribution in [3.05, 3.63) is 58.9 Å². The van der Waals surface area contributed by atoms with Crippen LogP contribution in [0.2, 0.25) is 0 Å². The van der Waals surface area contributed by atoms with Gasteiger partial charge in [0.25, 0.3) is 0 Å². The molecule has 35 heavy (non-hydrogen) atoms. The number of ether oxygens (including phenoxy) is 1. The third kappa shape index (κ3) is 5.17. The zero-order valence-corrected chi connectivity index (χ0v) is 20.4. The van der Waals surface area contributed by atoms with Crippen LogP contribution in [0.4, 0.5) is 8.78 Å². The molecule has 2 aromatic carbocycles. The molecule has 4 rings (SSSR count). The molecule has 0 aliphatic heterocycles. The maximum atomic E-state index is 14.0. The van der Waals surface area contributed by atoms with E-state index in [1.54, 1.807) is 7.11 Å². The summed E-state index contributed by atoms with van der Waals surface area (Å²) in [6.07, 6.45) is 4.90. The molecule has 0 radical (unpaired) electrons. The van der Waals surface area contributed by atoms with Gasteiger partial charge < -0.3 is 19.7 Å². The van der Waals surface area contributed by atoms with Crippen molar-refractivity contribution in [2.45, 2.75) is 70.6 Å². The molecule has 6 nitrogen and oxygen atoms in total. The van der Waals surface area contributed by atoms with Crippen LogP contribution in [0.3, 0.4) is 0 Å². The molecule has 1 saturated carbocycles. The number of carbonyl (C=O) groups excluding carboxylic acids is 1. The normalized spacial score (nSPS) is 19.9. The van der Waals surface area contributed by atoms with E-state index in [1.165, 1.54) is 6.07 Å². The topological polar surface area (TPSA) is 76.4 Å². The average Bonchev–Trinajstić information content (AvgIpc) is 3.23. The Morgan fingerprint density at radius 3 is 2.74 bits per heavy atom. The van der Waals surface area contributed by atoms with Crippen LogP contribution in [0.15, 0.2) is 30.3 Å². The predicted octanol–water partition coefficient (Wildman–Crippen LogP) is 5.22. The van der Waals surface area contributed by atoms with Crippen molar-refractivity contribution in [1.82, 2.24) is 14.9 Å². The predicted molar refractivity (Wildman–Crippen MR) is 130 cm³/mol. The lowest BCUT2D eigenvalue weighted by atomic mass is 9.86. The number of aliphatic hydroxyl groups is 1. The molecule has 1 aliphatic rings. The summed E-state index contributed by atoms with van der Waals surface area (Å²) >= 11 is 0. The number of imidazole rings is 1. The van der Waals surface area contributed by atoms with E-state index in [0.29, 0.717) is 36.7 Å². The molecule has 0 bridgehead atoms. The van der Waals surface area contributed by atoms with Gasteiger partial charge in [0.2, 0.25) is 6.41 Å². The SMILES string of the molecule is COc1ccc2c(nc(C(O)c3ccc(F)c(F)c3)n2C2CCCC(C)C2)c1CCC(C)NC=O. The first-order valence-electron chi connectivity index (χ1n) is 12.2. The van der Waals surface area contributed by atoms with E-state index in [1.807, 2.05) is 19.1 Å². The van der Waals surface area contributed by atoms with Crippen molar-refractivity contribution in [2.75, 3.05) is 7.11 Å². The Kier molecular flexibility index (Phi) is 7.69. The van der Waals surface area contributed by atoms with E-state index in [9.17, 15) is 18.7 Å². The van der Waals surface area contributed by atoms with E-state index < -0.39 is 17.7 Å². The number of halogens is 2. The van der Waals surface area contributed by atoms with Crippen LogP contribution in [-0.4, -0.2) is 34.2 Å².